The summed E-state index contributed by atoms with van der Waals surface area (Å²) in [6.07, 6.45) is 0.476. The summed E-state index contributed by atoms with van der Waals surface area (Å²) in [5, 5.41) is 5.78. The van der Waals surface area contributed by atoms with Crippen LogP contribution >= 0.6 is 12.4 Å². The molecule has 0 atom stereocenters. The second-order valence-corrected chi connectivity index (χ2v) is 3.82. The fourth-order valence-electron chi connectivity index (χ4n) is 1.52. The number of nitrogens with one attached hydrogen (secondary N) is 2. The Morgan fingerprint density at radius 1 is 1.21 bits per heavy atom. The molecule has 0 radical (unpaired) electrons. The number of hydrogen-bond donors (Lipinski definition) is 2. The zero-order valence-corrected chi connectivity index (χ0v) is 12.3. The number of amides is 1. The molecule has 0 aliphatic rings. The summed E-state index contributed by atoms with van der Waals surface area (Å²) >= 11 is 0. The molecule has 0 aliphatic heterocycles. The molecule has 0 aliphatic carbocycles. The average Bonchev–Trinajstić information content (AvgIpc) is 2.42. The van der Waals surface area contributed by atoms with Crippen LogP contribution in [0.2, 0.25) is 0 Å². The van der Waals surface area contributed by atoms with E-state index in [4.69, 9.17) is 9.47 Å². The van der Waals surface area contributed by atoms with E-state index in [1.165, 1.54) is 0 Å². The number of carbonyl (C=O) groups excluding carboxylic acids is 1. The fourth-order valence-corrected chi connectivity index (χ4v) is 1.52. The molecule has 0 heterocycles. The van der Waals surface area contributed by atoms with E-state index in [0.29, 0.717) is 31.0 Å². The zero-order valence-electron chi connectivity index (χ0n) is 11.5. The van der Waals surface area contributed by atoms with Crippen molar-refractivity contribution >= 4 is 18.3 Å². The number of methoxy groups -OCH3 is 2. The van der Waals surface area contributed by atoms with Crippen molar-refractivity contribution in [3.63, 3.8) is 0 Å². The largest absolute Gasteiger partial charge is 0.493 e. The Morgan fingerprint density at radius 3 is 2.47 bits per heavy atom. The van der Waals surface area contributed by atoms with Crippen molar-refractivity contribution in [3.05, 3.63) is 23.8 Å². The first kappa shape index (κ1) is 17.5. The molecule has 1 rings (SSSR count). The van der Waals surface area contributed by atoms with Crippen LogP contribution in [0, 0.1) is 0 Å². The third-order valence-electron chi connectivity index (χ3n) is 2.54. The molecular weight excluding hydrogens is 268 g/mol. The van der Waals surface area contributed by atoms with Gasteiger partial charge in [0.15, 0.2) is 11.5 Å². The van der Waals surface area contributed by atoms with Crippen LogP contribution in [0.5, 0.6) is 11.5 Å². The van der Waals surface area contributed by atoms with Gasteiger partial charge in [0.05, 0.1) is 14.2 Å². The molecule has 0 saturated heterocycles. The number of carbonyl (C=O) groups is 1. The molecule has 108 valence electrons. The summed E-state index contributed by atoms with van der Waals surface area (Å²) in [5.74, 6) is 1.38. The minimum Gasteiger partial charge on any atom is -0.493 e. The van der Waals surface area contributed by atoms with Crippen molar-refractivity contribution in [1.82, 2.24) is 10.6 Å². The van der Waals surface area contributed by atoms with Crippen molar-refractivity contribution in [3.8, 4) is 11.5 Å². The van der Waals surface area contributed by atoms with Gasteiger partial charge < -0.3 is 20.1 Å². The first-order chi connectivity index (χ1) is 8.71. The molecule has 0 bridgehead atoms. The number of benzene rings is 1. The van der Waals surface area contributed by atoms with E-state index in [1.807, 2.05) is 25.2 Å². The van der Waals surface area contributed by atoms with Crippen LogP contribution in [0.25, 0.3) is 0 Å². The summed E-state index contributed by atoms with van der Waals surface area (Å²) in [4.78, 5) is 11.4. The molecule has 2 N–H and O–H groups in total. The van der Waals surface area contributed by atoms with Crippen LogP contribution in [0.4, 0.5) is 0 Å². The summed E-state index contributed by atoms with van der Waals surface area (Å²) in [7, 11) is 5.01. The Bertz CT molecular complexity index is 399. The standard InChI is InChI=1S/C13H20N2O3.ClH/c1-14-7-6-13(16)15-9-10-4-5-11(17-2)12(8-10)18-3;/h4-5,8,14H,6-7,9H2,1-3H3,(H,15,16);1H. The minimum atomic E-state index is 0. The Labute approximate surface area is 120 Å². The molecule has 1 aromatic rings. The van der Waals surface area contributed by atoms with Gasteiger partial charge in [0.25, 0.3) is 0 Å². The molecule has 6 heteroatoms. The van der Waals surface area contributed by atoms with E-state index >= 15 is 0 Å². The molecule has 0 aromatic heterocycles. The van der Waals surface area contributed by atoms with Crippen molar-refractivity contribution in [2.75, 3.05) is 27.8 Å². The van der Waals surface area contributed by atoms with Crippen LogP contribution in [0.3, 0.4) is 0 Å². The van der Waals surface area contributed by atoms with Crippen molar-refractivity contribution in [2.45, 2.75) is 13.0 Å². The Hall–Kier alpha value is -1.46. The van der Waals surface area contributed by atoms with E-state index in [-0.39, 0.29) is 18.3 Å². The van der Waals surface area contributed by atoms with Gasteiger partial charge in [-0.1, -0.05) is 6.07 Å². The van der Waals surface area contributed by atoms with Gasteiger partial charge in [-0.2, -0.15) is 0 Å². The maximum atomic E-state index is 11.4. The average molecular weight is 289 g/mol. The lowest BCUT2D eigenvalue weighted by molar-refractivity contribution is -0.121. The third kappa shape index (κ3) is 5.81. The monoisotopic (exact) mass is 288 g/mol. The topological polar surface area (TPSA) is 59.6 Å². The van der Waals surface area contributed by atoms with Crippen molar-refractivity contribution in [1.29, 1.82) is 0 Å². The molecule has 0 fully saturated rings. The van der Waals surface area contributed by atoms with E-state index in [0.717, 1.165) is 5.56 Å². The van der Waals surface area contributed by atoms with Gasteiger partial charge in [0, 0.05) is 19.5 Å². The highest BCUT2D eigenvalue weighted by Gasteiger charge is 2.05. The highest BCUT2D eigenvalue weighted by Crippen LogP contribution is 2.27. The van der Waals surface area contributed by atoms with Crippen LogP contribution in [0.15, 0.2) is 18.2 Å². The molecule has 5 nitrogen and oxygen atoms in total. The fraction of sp³-hybridized carbons (Fsp3) is 0.462. The first-order valence-electron chi connectivity index (χ1n) is 5.83. The van der Waals surface area contributed by atoms with Crippen molar-refractivity contribution < 1.29 is 14.3 Å². The van der Waals surface area contributed by atoms with E-state index in [2.05, 4.69) is 10.6 Å². The molecule has 0 unspecified atom stereocenters. The number of rotatable bonds is 7. The molecule has 1 amide bonds. The van der Waals surface area contributed by atoms with Crippen molar-refractivity contribution in [2.24, 2.45) is 0 Å². The lowest BCUT2D eigenvalue weighted by Gasteiger charge is -2.10. The van der Waals surface area contributed by atoms with E-state index in [1.54, 1.807) is 14.2 Å². The van der Waals surface area contributed by atoms with E-state index < -0.39 is 0 Å². The van der Waals surface area contributed by atoms with Gasteiger partial charge >= 0.3 is 0 Å². The number of hydrogen-bond acceptors (Lipinski definition) is 4. The predicted molar refractivity (Wildman–Crippen MR) is 77.2 cm³/mol. The highest BCUT2D eigenvalue weighted by atomic mass is 35.5. The summed E-state index contributed by atoms with van der Waals surface area (Å²) in [5.41, 5.74) is 0.977. The van der Waals surface area contributed by atoms with Crippen LogP contribution in [0.1, 0.15) is 12.0 Å². The van der Waals surface area contributed by atoms with Gasteiger partial charge in [0.2, 0.25) is 5.91 Å². The Morgan fingerprint density at radius 2 is 1.89 bits per heavy atom. The predicted octanol–water partition coefficient (Wildman–Crippen LogP) is 1.35. The number of ether oxygens (including phenoxy) is 2. The highest BCUT2D eigenvalue weighted by molar-refractivity contribution is 5.85. The summed E-state index contributed by atoms with van der Waals surface area (Å²) < 4.78 is 10.4. The maximum absolute atomic E-state index is 11.4. The maximum Gasteiger partial charge on any atom is 0.221 e. The molecule has 0 spiro atoms. The van der Waals surface area contributed by atoms with Gasteiger partial charge in [-0.05, 0) is 24.7 Å². The second kappa shape index (κ2) is 9.47. The van der Waals surface area contributed by atoms with E-state index in [9.17, 15) is 4.79 Å². The van der Waals surface area contributed by atoms with Gasteiger partial charge in [-0.3, -0.25) is 4.79 Å². The quantitative estimate of drug-likeness (QED) is 0.795. The molecule has 1 aromatic carbocycles. The number of halogens is 1. The lowest BCUT2D eigenvalue weighted by Crippen LogP contribution is -2.26. The Balaban J connectivity index is 0.00000324. The zero-order chi connectivity index (χ0) is 13.4. The van der Waals surface area contributed by atoms with Gasteiger partial charge in [0.1, 0.15) is 0 Å². The van der Waals surface area contributed by atoms with Gasteiger partial charge in [-0.25, -0.2) is 0 Å². The van der Waals surface area contributed by atoms with Crippen LogP contribution < -0.4 is 20.1 Å². The van der Waals surface area contributed by atoms with Crippen LogP contribution in [-0.4, -0.2) is 33.7 Å². The Kier molecular flexibility index (Phi) is 8.74. The second-order valence-electron chi connectivity index (χ2n) is 3.82. The summed E-state index contributed by atoms with van der Waals surface area (Å²) in [6, 6.07) is 5.59. The lowest BCUT2D eigenvalue weighted by atomic mass is 10.2. The molecule has 0 saturated carbocycles. The smallest absolute Gasteiger partial charge is 0.221 e. The minimum absolute atomic E-state index is 0. The SMILES string of the molecule is CNCCC(=O)NCc1ccc(OC)c(OC)c1.Cl. The van der Waals surface area contributed by atoms with Gasteiger partial charge in [-0.15, -0.1) is 12.4 Å². The normalized spacial score (nSPS) is 9.42. The summed E-state index contributed by atoms with van der Waals surface area (Å²) in [6.45, 7) is 1.17. The third-order valence-corrected chi connectivity index (χ3v) is 2.54. The first-order valence-corrected chi connectivity index (χ1v) is 5.83. The van der Waals surface area contributed by atoms with Crippen LogP contribution in [-0.2, 0) is 11.3 Å². The molecule has 19 heavy (non-hydrogen) atoms. The molecular formula is C13H21ClN2O3.